The van der Waals surface area contributed by atoms with E-state index >= 15 is 0 Å². The molecule has 4 aromatic rings. The molecule has 87 heavy (non-hydrogen) atoms. The van der Waals surface area contributed by atoms with Crippen LogP contribution in [-0.2, 0) is 68.6 Å². The summed E-state index contributed by atoms with van der Waals surface area (Å²) in [6.45, 7) is 0.463. The van der Waals surface area contributed by atoms with Crippen molar-refractivity contribution in [3.8, 4) is 11.5 Å². The topological polar surface area (TPSA) is 402 Å². The zero-order valence-corrected chi connectivity index (χ0v) is 48.0. The Balaban J connectivity index is 1.02. The van der Waals surface area contributed by atoms with Crippen LogP contribution < -0.4 is 21.1 Å². The first kappa shape index (κ1) is 70.4. The lowest BCUT2D eigenvalue weighted by molar-refractivity contribution is -0.326. The van der Waals surface area contributed by atoms with E-state index in [0.717, 1.165) is 12.1 Å². The Morgan fingerprint density at radius 2 is 1.44 bits per heavy atom. The number of nitrogens with two attached hydrogens (primary N) is 1. The third-order valence-electron chi connectivity index (χ3n) is 13.9. The molecule has 0 radical (unpaired) electrons. The van der Waals surface area contributed by atoms with Gasteiger partial charge in [-0.25, -0.2) is 4.79 Å². The van der Waals surface area contributed by atoms with Gasteiger partial charge >= 0.3 is 12.3 Å². The van der Waals surface area contributed by atoms with Gasteiger partial charge in [0.25, 0.3) is 0 Å². The molecular formula is C58H69ClF3N5O20. The number of benzene rings is 3. The molecule has 474 valence electrons. The van der Waals surface area contributed by atoms with E-state index in [4.69, 9.17) is 36.3 Å². The van der Waals surface area contributed by atoms with Gasteiger partial charge in [-0.3, -0.25) is 38.5 Å². The molecule has 1 fully saturated rings. The number of rotatable bonds is 32. The molecule has 0 bridgehead atoms. The van der Waals surface area contributed by atoms with Gasteiger partial charge in [0, 0.05) is 76.0 Å². The van der Waals surface area contributed by atoms with Crippen LogP contribution in [0.3, 0.4) is 0 Å². The largest absolute Gasteiger partial charge is 0.457 e. The average Bonchev–Trinajstić information content (AvgIpc) is 3.50. The number of anilines is 1. The number of primary amides is 1. The Hall–Kier alpha value is -7.35. The van der Waals surface area contributed by atoms with E-state index in [-0.39, 0.29) is 67.3 Å². The van der Waals surface area contributed by atoms with Crippen molar-refractivity contribution in [2.24, 2.45) is 17.6 Å². The Morgan fingerprint density at radius 1 is 0.793 bits per heavy atom. The Labute approximate surface area is 501 Å². The molecule has 5 rings (SSSR count). The maximum Gasteiger partial charge on any atom is 0.417 e. The lowest BCUT2D eigenvalue weighted by atomic mass is 9.93. The van der Waals surface area contributed by atoms with Crippen LogP contribution in [0.1, 0.15) is 78.7 Å². The van der Waals surface area contributed by atoms with E-state index in [1.807, 2.05) is 0 Å². The molecule has 0 saturated carbocycles. The highest BCUT2D eigenvalue weighted by Gasteiger charge is 2.47. The number of alkyl halides is 3. The minimum absolute atomic E-state index is 0.00953. The number of aliphatic hydroxyl groups is 8. The van der Waals surface area contributed by atoms with Crippen LogP contribution in [0.4, 0.5) is 23.7 Å². The van der Waals surface area contributed by atoms with E-state index in [9.17, 15) is 92.4 Å². The van der Waals surface area contributed by atoms with Crippen LogP contribution in [0.25, 0.3) is 0 Å². The van der Waals surface area contributed by atoms with Gasteiger partial charge in [0.15, 0.2) is 23.6 Å². The summed E-state index contributed by atoms with van der Waals surface area (Å²) in [7, 11) is 1.48. The number of pyridine rings is 1. The lowest BCUT2D eigenvalue weighted by Crippen LogP contribution is -2.61. The number of hydrogen-bond acceptors (Lipinski definition) is 21. The number of nitrogens with one attached hydrogen (secondary N) is 2. The molecule has 3 unspecified atom stereocenters. The fourth-order valence-corrected chi connectivity index (χ4v) is 9.04. The molecule has 12 atom stereocenters. The highest BCUT2D eigenvalue weighted by Crippen LogP contribution is 2.35. The van der Waals surface area contributed by atoms with Crippen molar-refractivity contribution in [1.82, 2.24) is 15.2 Å². The molecule has 1 aromatic heterocycles. The predicted octanol–water partition coefficient (Wildman–Crippen LogP) is 1.88. The number of amides is 4. The highest BCUT2D eigenvalue weighted by atomic mass is 35.5. The third kappa shape index (κ3) is 20.9. The standard InChI is InChI=1S/C58H69ClF3N5O20/c1-29(19-44(73)48(76)51(79)53(45(74)26-68)87-56-52(80)50(78)49(77)46(27-69)86-56)54(81)65-30(2)43(72)23-34(24-47(63)75)55(82)66-35-11-6-32(7-12-35)28-84-57(83)67(3)18-4-5-42(71)41-25-38(16-17-64-41)85-37-13-8-31(9-14-37)20-36(70)21-33-10-15-40(59)39(22-33)58(60,61)62/h6-17,22,25,29-30,34,45-46,48-53,56,68-69,74,76-80H,4-5,18-21,23-24,26-28H2,1-3H3,(H2,63,75)(H,65,81)(H,66,82)/t29?,30?,34?,45-,46-,48+,49+,50+,51+,52-,53+,56+/m1/s1. The second-order valence-electron chi connectivity index (χ2n) is 20.8. The number of aromatic nitrogens is 1. The molecule has 2 heterocycles. The first-order chi connectivity index (χ1) is 41.0. The lowest BCUT2D eigenvalue weighted by Gasteiger charge is -2.42. The van der Waals surface area contributed by atoms with E-state index < -0.39 is 158 Å². The van der Waals surface area contributed by atoms with Gasteiger partial charge in [0.1, 0.15) is 78.4 Å². The number of ether oxygens (including phenoxy) is 4. The van der Waals surface area contributed by atoms with Crippen molar-refractivity contribution in [1.29, 1.82) is 0 Å². The maximum atomic E-state index is 13.4. The van der Waals surface area contributed by atoms with E-state index in [1.54, 1.807) is 24.3 Å². The van der Waals surface area contributed by atoms with Crippen LogP contribution >= 0.6 is 11.6 Å². The molecular weight excluding hydrogens is 1180 g/mol. The Morgan fingerprint density at radius 3 is 2.07 bits per heavy atom. The number of carbonyl (C=O) groups excluding carboxylic acids is 8. The fraction of sp³-hybridized carbons (Fsp3) is 0.466. The monoisotopic (exact) mass is 1250 g/mol. The summed E-state index contributed by atoms with van der Waals surface area (Å²) in [5, 5.41) is 85.9. The number of ketones is 4. The molecule has 1 aliphatic heterocycles. The van der Waals surface area contributed by atoms with Gasteiger partial charge in [-0.05, 0) is 72.5 Å². The second-order valence-corrected chi connectivity index (χ2v) is 21.2. The highest BCUT2D eigenvalue weighted by molar-refractivity contribution is 6.31. The van der Waals surface area contributed by atoms with Crippen molar-refractivity contribution in [3.63, 3.8) is 0 Å². The van der Waals surface area contributed by atoms with Crippen LogP contribution in [0, 0.1) is 11.8 Å². The second kappa shape index (κ2) is 32.6. The normalized spacial score (nSPS) is 19.2. The smallest absolute Gasteiger partial charge is 0.417 e. The average molecular weight is 1250 g/mol. The van der Waals surface area contributed by atoms with Gasteiger partial charge < -0.3 is 81.1 Å². The molecule has 0 spiro atoms. The maximum absolute atomic E-state index is 13.4. The molecule has 1 saturated heterocycles. The first-order valence-electron chi connectivity index (χ1n) is 27.2. The molecule has 1 aliphatic rings. The van der Waals surface area contributed by atoms with Crippen molar-refractivity contribution in [2.75, 3.05) is 32.1 Å². The zero-order valence-electron chi connectivity index (χ0n) is 47.2. The fourth-order valence-electron chi connectivity index (χ4n) is 8.81. The number of hydrogen-bond donors (Lipinski definition) is 11. The Kier molecular flexibility index (Phi) is 26.4. The number of aliphatic hydroxyl groups excluding tert-OH is 8. The number of halogens is 4. The van der Waals surface area contributed by atoms with E-state index in [0.29, 0.717) is 22.6 Å². The van der Waals surface area contributed by atoms with Gasteiger partial charge in [-0.1, -0.05) is 48.9 Å². The number of carbonyl (C=O) groups is 8. The molecule has 25 nitrogen and oxygen atoms in total. The van der Waals surface area contributed by atoms with Crippen LogP contribution in [0.2, 0.25) is 5.02 Å². The summed E-state index contributed by atoms with van der Waals surface area (Å²) in [4.78, 5) is 109. The predicted molar refractivity (Wildman–Crippen MR) is 298 cm³/mol. The van der Waals surface area contributed by atoms with Gasteiger partial charge in [-0.2, -0.15) is 13.2 Å². The van der Waals surface area contributed by atoms with Crippen molar-refractivity contribution >= 4 is 64.2 Å². The number of nitrogens with zero attached hydrogens (tertiary/aromatic N) is 2. The summed E-state index contributed by atoms with van der Waals surface area (Å²) in [6.07, 6.45) is -24.0. The van der Waals surface area contributed by atoms with Crippen molar-refractivity contribution in [2.45, 2.75) is 133 Å². The summed E-state index contributed by atoms with van der Waals surface area (Å²) in [5.74, 6) is -7.09. The first-order valence-corrected chi connectivity index (χ1v) is 27.5. The zero-order chi connectivity index (χ0) is 64.4. The Bertz CT molecular complexity index is 3030. The summed E-state index contributed by atoms with van der Waals surface area (Å²) in [5.41, 5.74) is 5.98. The molecule has 0 aliphatic carbocycles. The van der Waals surface area contributed by atoms with Crippen molar-refractivity contribution in [3.05, 3.63) is 118 Å². The van der Waals surface area contributed by atoms with E-state index in [1.165, 1.54) is 74.5 Å². The SMILES string of the molecule is CC(CC(=O)[C@H](O)[C@H](O)[C@@H](O[C@@H]1O[C@H](CO)[C@H](O)[C@H](O)[C@H]1O)[C@H](O)CO)C(=O)NC(C)C(=O)CC(CC(N)=O)C(=O)Nc1ccc(COC(=O)N(C)CCCC(=O)c2cc(Oc3ccc(CC(=O)Cc4ccc(Cl)c(C(F)(F)F)c4)cc3)ccn2)cc1. The van der Waals surface area contributed by atoms with Gasteiger partial charge in [-0.15, -0.1) is 0 Å². The molecule has 12 N–H and O–H groups in total. The van der Waals surface area contributed by atoms with E-state index in [2.05, 4.69) is 15.6 Å². The summed E-state index contributed by atoms with van der Waals surface area (Å²) < 4.78 is 61.6. The molecule has 29 heteroatoms. The molecule has 3 aromatic carbocycles. The number of Topliss-reactive ketones (excluding diaryl/α,β-unsaturated/α-hetero) is 4. The van der Waals surface area contributed by atoms with Crippen LogP contribution in [0.15, 0.2) is 85.1 Å². The van der Waals surface area contributed by atoms with Gasteiger partial charge in [0.2, 0.25) is 17.7 Å². The minimum atomic E-state index is -4.66. The minimum Gasteiger partial charge on any atom is -0.457 e. The summed E-state index contributed by atoms with van der Waals surface area (Å²) in [6, 6.07) is 17.5. The molecule has 4 amide bonds. The van der Waals surface area contributed by atoms with Crippen LogP contribution in [0.5, 0.6) is 11.5 Å². The third-order valence-corrected chi connectivity index (χ3v) is 14.2. The van der Waals surface area contributed by atoms with Gasteiger partial charge in [0.05, 0.1) is 35.8 Å². The quantitative estimate of drug-likeness (QED) is 0.0311. The summed E-state index contributed by atoms with van der Waals surface area (Å²) >= 11 is 5.68. The van der Waals surface area contributed by atoms with Crippen molar-refractivity contribution < 1.29 is 111 Å². The van der Waals surface area contributed by atoms with Crippen LogP contribution in [-0.4, -0.2) is 186 Å².